The van der Waals surface area contributed by atoms with Gasteiger partial charge in [0.25, 0.3) is 0 Å². The van der Waals surface area contributed by atoms with Gasteiger partial charge in [-0.15, -0.1) is 0 Å². The Morgan fingerprint density at radius 1 is 0.789 bits per heavy atom. The fraction of sp³-hybridized carbons (Fsp3) is 0.412. The van der Waals surface area contributed by atoms with E-state index in [0.29, 0.717) is 29.4 Å². The lowest BCUT2D eigenvalue weighted by molar-refractivity contribution is 0.303. The van der Waals surface area contributed by atoms with Crippen molar-refractivity contribution in [1.82, 2.24) is 0 Å². The Morgan fingerprint density at radius 3 is 2.24 bits per heavy atom. The highest BCUT2D eigenvalue weighted by atomic mass is 19.2. The van der Waals surface area contributed by atoms with Crippen LogP contribution >= 0.6 is 0 Å². The van der Waals surface area contributed by atoms with E-state index in [2.05, 4.69) is 13.8 Å². The third-order valence-electron chi connectivity index (χ3n) is 7.73. The lowest BCUT2D eigenvalue weighted by Gasteiger charge is -2.27. The summed E-state index contributed by atoms with van der Waals surface area (Å²) >= 11 is 0. The van der Waals surface area contributed by atoms with Crippen LogP contribution < -0.4 is 4.74 Å². The van der Waals surface area contributed by atoms with Crippen LogP contribution in [0.1, 0.15) is 94.2 Å². The van der Waals surface area contributed by atoms with Crippen LogP contribution in [0.3, 0.4) is 0 Å². The number of halogens is 3. The van der Waals surface area contributed by atoms with Gasteiger partial charge in [-0.25, -0.2) is 13.2 Å². The lowest BCUT2D eigenvalue weighted by atomic mass is 9.79. The van der Waals surface area contributed by atoms with Gasteiger partial charge in [0.1, 0.15) is 11.6 Å². The average molecular weight is 521 g/mol. The first-order valence-electron chi connectivity index (χ1n) is 14.1. The van der Waals surface area contributed by atoms with Crippen molar-refractivity contribution in [3.8, 4) is 16.9 Å². The molecule has 0 N–H and O–H groups in total. The molecular formula is C34H39F3O. The van der Waals surface area contributed by atoms with Crippen LogP contribution in [0.5, 0.6) is 5.75 Å². The molecule has 0 aliphatic heterocycles. The van der Waals surface area contributed by atoms with Crippen molar-refractivity contribution in [2.45, 2.75) is 77.6 Å². The smallest absolute Gasteiger partial charge is 0.166 e. The van der Waals surface area contributed by atoms with Gasteiger partial charge < -0.3 is 4.74 Å². The van der Waals surface area contributed by atoms with Crippen LogP contribution in [0.4, 0.5) is 13.2 Å². The summed E-state index contributed by atoms with van der Waals surface area (Å²) in [6.07, 6.45) is 13.0. The highest BCUT2D eigenvalue weighted by molar-refractivity contribution is 5.73. The quantitative estimate of drug-likeness (QED) is 0.180. The number of hydrogen-bond donors (Lipinski definition) is 0. The van der Waals surface area contributed by atoms with Gasteiger partial charge in [0.05, 0.1) is 6.61 Å². The van der Waals surface area contributed by atoms with Gasteiger partial charge in [-0.1, -0.05) is 101 Å². The molecule has 1 aliphatic rings. The Kier molecular flexibility index (Phi) is 10.1. The molecule has 0 aromatic heterocycles. The van der Waals surface area contributed by atoms with Crippen molar-refractivity contribution in [2.75, 3.05) is 6.61 Å². The maximum atomic E-state index is 14.9. The molecule has 4 rings (SSSR count). The molecule has 0 amide bonds. The highest BCUT2D eigenvalue weighted by Gasteiger charge is 2.24. The fourth-order valence-corrected chi connectivity index (χ4v) is 5.27. The van der Waals surface area contributed by atoms with Gasteiger partial charge in [-0.05, 0) is 59.9 Å². The second-order valence-electron chi connectivity index (χ2n) is 10.7. The van der Waals surface area contributed by atoms with Crippen LogP contribution in [0.2, 0.25) is 0 Å². The van der Waals surface area contributed by atoms with Crippen LogP contribution in [-0.2, 0) is 0 Å². The van der Waals surface area contributed by atoms with Gasteiger partial charge in [-0.3, -0.25) is 0 Å². The Labute approximate surface area is 225 Å². The minimum atomic E-state index is -0.792. The van der Waals surface area contributed by atoms with Crippen molar-refractivity contribution >= 4 is 12.2 Å². The minimum Gasteiger partial charge on any atom is -0.493 e. The second kappa shape index (κ2) is 13.7. The van der Waals surface area contributed by atoms with E-state index in [0.717, 1.165) is 49.7 Å². The monoisotopic (exact) mass is 520 g/mol. The predicted molar refractivity (Wildman–Crippen MR) is 152 cm³/mol. The molecule has 1 nitrogen and oxygen atoms in total. The van der Waals surface area contributed by atoms with Gasteiger partial charge in [-0.2, -0.15) is 0 Å². The van der Waals surface area contributed by atoms with Gasteiger partial charge in [0, 0.05) is 17.2 Å². The maximum Gasteiger partial charge on any atom is 0.166 e. The zero-order valence-corrected chi connectivity index (χ0v) is 22.6. The van der Waals surface area contributed by atoms with Crippen LogP contribution in [-0.4, -0.2) is 6.61 Å². The van der Waals surface area contributed by atoms with Gasteiger partial charge in [0.2, 0.25) is 0 Å². The Balaban J connectivity index is 1.37. The van der Waals surface area contributed by atoms with E-state index in [1.165, 1.54) is 25.3 Å². The zero-order chi connectivity index (χ0) is 26.9. The van der Waals surface area contributed by atoms with E-state index >= 15 is 0 Å². The summed E-state index contributed by atoms with van der Waals surface area (Å²) in [5.74, 6) is -0.544. The topological polar surface area (TPSA) is 9.23 Å². The SMILES string of the molecule is CCCCCCCOc1ccc(-c2ccc(/C=C/c3ccc(C4CCC(C)CC4)c(F)c3F)cc2)c(F)c1. The number of ether oxygens (including phenoxy) is 1. The Bertz CT molecular complexity index is 1210. The minimum absolute atomic E-state index is 0.0999. The summed E-state index contributed by atoms with van der Waals surface area (Å²) in [5, 5.41) is 0. The largest absolute Gasteiger partial charge is 0.493 e. The summed E-state index contributed by atoms with van der Waals surface area (Å²) in [7, 11) is 0. The molecule has 202 valence electrons. The highest BCUT2D eigenvalue weighted by Crippen LogP contribution is 2.37. The summed E-state index contributed by atoms with van der Waals surface area (Å²) in [4.78, 5) is 0. The molecule has 38 heavy (non-hydrogen) atoms. The molecule has 0 atom stereocenters. The first-order chi connectivity index (χ1) is 18.5. The molecular weight excluding hydrogens is 481 g/mol. The van der Waals surface area contributed by atoms with Crippen molar-refractivity contribution in [2.24, 2.45) is 5.92 Å². The molecule has 1 aliphatic carbocycles. The maximum absolute atomic E-state index is 14.9. The molecule has 3 aromatic carbocycles. The molecule has 0 saturated heterocycles. The van der Waals surface area contributed by atoms with E-state index in [1.807, 2.05) is 24.3 Å². The number of unbranched alkanes of at least 4 members (excludes halogenated alkanes) is 4. The first kappa shape index (κ1) is 28.0. The van der Waals surface area contributed by atoms with Crippen molar-refractivity contribution in [3.63, 3.8) is 0 Å². The Morgan fingerprint density at radius 2 is 1.53 bits per heavy atom. The molecule has 0 unspecified atom stereocenters. The van der Waals surface area contributed by atoms with E-state index < -0.39 is 11.6 Å². The van der Waals surface area contributed by atoms with Crippen LogP contribution in [0, 0.1) is 23.4 Å². The van der Waals surface area contributed by atoms with Crippen molar-refractivity contribution in [3.05, 3.63) is 88.7 Å². The number of benzene rings is 3. The lowest BCUT2D eigenvalue weighted by Crippen LogP contribution is -2.13. The third-order valence-corrected chi connectivity index (χ3v) is 7.73. The zero-order valence-electron chi connectivity index (χ0n) is 22.6. The normalized spacial score (nSPS) is 17.7. The van der Waals surface area contributed by atoms with Crippen LogP contribution in [0.15, 0.2) is 54.6 Å². The second-order valence-corrected chi connectivity index (χ2v) is 10.7. The Hall–Kier alpha value is -3.01. The van der Waals surface area contributed by atoms with Crippen LogP contribution in [0.25, 0.3) is 23.3 Å². The first-order valence-corrected chi connectivity index (χ1v) is 14.1. The van der Waals surface area contributed by atoms with Gasteiger partial charge >= 0.3 is 0 Å². The van der Waals surface area contributed by atoms with E-state index in [4.69, 9.17) is 4.74 Å². The van der Waals surface area contributed by atoms with Gasteiger partial charge in [0.15, 0.2) is 11.6 Å². The van der Waals surface area contributed by atoms with E-state index in [1.54, 1.807) is 36.4 Å². The summed E-state index contributed by atoms with van der Waals surface area (Å²) in [6.45, 7) is 4.99. The average Bonchev–Trinajstić information content (AvgIpc) is 2.93. The van der Waals surface area contributed by atoms with Crippen molar-refractivity contribution in [1.29, 1.82) is 0 Å². The van der Waals surface area contributed by atoms with Crippen molar-refractivity contribution < 1.29 is 17.9 Å². The summed E-state index contributed by atoms with van der Waals surface area (Å²) < 4.78 is 50.2. The fourth-order valence-electron chi connectivity index (χ4n) is 5.27. The number of hydrogen-bond acceptors (Lipinski definition) is 1. The molecule has 3 aromatic rings. The van der Waals surface area contributed by atoms with E-state index in [9.17, 15) is 13.2 Å². The number of rotatable bonds is 11. The molecule has 0 spiro atoms. The van der Waals surface area contributed by atoms with E-state index in [-0.39, 0.29) is 17.3 Å². The summed E-state index contributed by atoms with van der Waals surface area (Å²) in [5.41, 5.74) is 2.79. The predicted octanol–water partition coefficient (Wildman–Crippen LogP) is 10.6. The standard InChI is InChI=1S/C34H39F3O/c1-3-4-5-6-7-22-38-29-19-21-30(32(35)23-29)26-15-10-25(11-16-26)12-17-28-18-20-31(34(37)33(28)36)27-13-8-24(2)9-14-27/h10-12,15-21,23-24,27H,3-9,13-14,22H2,1-2H3/b17-12+. The molecule has 1 saturated carbocycles. The third kappa shape index (κ3) is 7.30. The molecule has 0 bridgehead atoms. The molecule has 1 fully saturated rings. The summed E-state index contributed by atoms with van der Waals surface area (Å²) in [6, 6.07) is 15.7. The molecule has 4 heteroatoms. The molecule has 0 heterocycles. The molecule has 0 radical (unpaired) electrons.